The fourth-order valence-electron chi connectivity index (χ4n) is 1.72. The number of hydrogen-bond acceptors (Lipinski definition) is 2. The lowest BCUT2D eigenvalue weighted by atomic mass is 10.1. The van der Waals surface area contributed by atoms with E-state index in [1.165, 1.54) is 24.8 Å². The third-order valence-corrected chi connectivity index (χ3v) is 2.53. The molecule has 0 saturated carbocycles. The van der Waals surface area contributed by atoms with Crippen molar-refractivity contribution in [3.8, 4) is 11.5 Å². The van der Waals surface area contributed by atoms with Gasteiger partial charge in [0.05, 0.1) is 14.2 Å². The van der Waals surface area contributed by atoms with Crippen molar-refractivity contribution in [2.75, 3.05) is 14.2 Å². The van der Waals surface area contributed by atoms with Crippen LogP contribution in [0, 0.1) is 0 Å². The summed E-state index contributed by atoms with van der Waals surface area (Å²) < 4.78 is 10.6. The summed E-state index contributed by atoms with van der Waals surface area (Å²) in [5.41, 5.74) is 1.24. The molecule has 84 valence electrons. The zero-order valence-electron chi connectivity index (χ0n) is 9.88. The Kier molecular flexibility index (Phi) is 5.02. The summed E-state index contributed by atoms with van der Waals surface area (Å²) in [5.74, 6) is 1.71. The second-order valence-electron chi connectivity index (χ2n) is 3.61. The maximum absolute atomic E-state index is 5.37. The standard InChI is InChI=1S/C13H20O2/c1-4-5-6-8-11-9-7-10-12(14-2)13(11)15-3/h7,9-10H,4-6,8H2,1-3H3. The monoisotopic (exact) mass is 208 g/mol. The molecule has 1 aromatic carbocycles. The highest BCUT2D eigenvalue weighted by atomic mass is 16.5. The van der Waals surface area contributed by atoms with E-state index in [1.807, 2.05) is 12.1 Å². The van der Waals surface area contributed by atoms with Crippen LogP contribution < -0.4 is 9.47 Å². The van der Waals surface area contributed by atoms with E-state index < -0.39 is 0 Å². The summed E-state index contributed by atoms with van der Waals surface area (Å²) in [6.07, 6.45) is 4.78. The molecule has 0 unspecified atom stereocenters. The smallest absolute Gasteiger partial charge is 0.163 e. The zero-order valence-corrected chi connectivity index (χ0v) is 9.88. The third-order valence-electron chi connectivity index (χ3n) is 2.53. The molecule has 2 heteroatoms. The molecule has 0 spiro atoms. The number of ether oxygens (including phenoxy) is 2. The van der Waals surface area contributed by atoms with Gasteiger partial charge in [-0.3, -0.25) is 0 Å². The number of benzene rings is 1. The summed E-state index contributed by atoms with van der Waals surface area (Å²) in [4.78, 5) is 0. The predicted octanol–water partition coefficient (Wildman–Crippen LogP) is 3.44. The van der Waals surface area contributed by atoms with Gasteiger partial charge in [0, 0.05) is 0 Å². The minimum absolute atomic E-state index is 0.825. The summed E-state index contributed by atoms with van der Waals surface area (Å²) in [6, 6.07) is 6.06. The Labute approximate surface area is 92.2 Å². The highest BCUT2D eigenvalue weighted by molar-refractivity contribution is 5.46. The van der Waals surface area contributed by atoms with Crippen LogP contribution in [0.5, 0.6) is 11.5 Å². The lowest BCUT2D eigenvalue weighted by Crippen LogP contribution is -1.96. The minimum atomic E-state index is 0.825. The van der Waals surface area contributed by atoms with Gasteiger partial charge in [-0.25, -0.2) is 0 Å². The Balaban J connectivity index is 2.76. The molecule has 0 amide bonds. The van der Waals surface area contributed by atoms with Gasteiger partial charge in [-0.15, -0.1) is 0 Å². The van der Waals surface area contributed by atoms with Crippen LogP contribution in [-0.2, 0) is 6.42 Å². The molecule has 0 N–H and O–H groups in total. The van der Waals surface area contributed by atoms with Crippen LogP contribution in [0.15, 0.2) is 18.2 Å². The van der Waals surface area contributed by atoms with Crippen LogP contribution in [0.1, 0.15) is 31.7 Å². The second kappa shape index (κ2) is 6.33. The van der Waals surface area contributed by atoms with Crippen LogP contribution in [0.3, 0.4) is 0 Å². The molecular weight excluding hydrogens is 188 g/mol. The zero-order chi connectivity index (χ0) is 11.1. The lowest BCUT2D eigenvalue weighted by Gasteiger charge is -2.12. The molecule has 0 bridgehead atoms. The molecule has 0 aliphatic rings. The maximum Gasteiger partial charge on any atom is 0.163 e. The first-order valence-corrected chi connectivity index (χ1v) is 5.53. The molecule has 0 heterocycles. The topological polar surface area (TPSA) is 18.5 Å². The molecule has 0 saturated heterocycles. The van der Waals surface area contributed by atoms with Gasteiger partial charge in [-0.1, -0.05) is 31.9 Å². The largest absolute Gasteiger partial charge is 0.493 e. The summed E-state index contributed by atoms with van der Waals surface area (Å²) in [7, 11) is 3.37. The predicted molar refractivity (Wildman–Crippen MR) is 62.8 cm³/mol. The van der Waals surface area contributed by atoms with Gasteiger partial charge in [0.2, 0.25) is 0 Å². The van der Waals surface area contributed by atoms with Crippen molar-refractivity contribution < 1.29 is 9.47 Å². The average molecular weight is 208 g/mol. The van der Waals surface area contributed by atoms with Gasteiger partial charge in [0.25, 0.3) is 0 Å². The van der Waals surface area contributed by atoms with Crippen molar-refractivity contribution in [3.05, 3.63) is 23.8 Å². The van der Waals surface area contributed by atoms with E-state index in [0.29, 0.717) is 0 Å². The van der Waals surface area contributed by atoms with Crippen LogP contribution in [0.25, 0.3) is 0 Å². The van der Waals surface area contributed by atoms with E-state index in [1.54, 1.807) is 14.2 Å². The Morgan fingerprint density at radius 3 is 2.47 bits per heavy atom. The van der Waals surface area contributed by atoms with Crippen molar-refractivity contribution in [1.82, 2.24) is 0 Å². The average Bonchev–Trinajstić information content (AvgIpc) is 2.29. The van der Waals surface area contributed by atoms with Gasteiger partial charge in [0.1, 0.15) is 0 Å². The van der Waals surface area contributed by atoms with Crippen molar-refractivity contribution in [3.63, 3.8) is 0 Å². The minimum Gasteiger partial charge on any atom is -0.493 e. The fraction of sp³-hybridized carbons (Fsp3) is 0.538. The maximum atomic E-state index is 5.37. The van der Waals surface area contributed by atoms with Gasteiger partial charge in [-0.05, 0) is 24.5 Å². The number of hydrogen-bond donors (Lipinski definition) is 0. The van der Waals surface area contributed by atoms with Crippen molar-refractivity contribution in [2.45, 2.75) is 32.6 Å². The molecule has 0 aromatic heterocycles. The first-order valence-electron chi connectivity index (χ1n) is 5.53. The Hall–Kier alpha value is -1.18. The van der Waals surface area contributed by atoms with Crippen LogP contribution in [0.4, 0.5) is 0 Å². The third kappa shape index (κ3) is 3.15. The van der Waals surface area contributed by atoms with E-state index in [2.05, 4.69) is 13.0 Å². The molecule has 0 aliphatic carbocycles. The van der Waals surface area contributed by atoms with E-state index in [0.717, 1.165) is 17.9 Å². The first kappa shape index (κ1) is 11.9. The number of para-hydroxylation sites is 1. The highest BCUT2D eigenvalue weighted by Crippen LogP contribution is 2.31. The highest BCUT2D eigenvalue weighted by Gasteiger charge is 2.08. The number of methoxy groups -OCH3 is 2. The molecule has 15 heavy (non-hydrogen) atoms. The molecule has 0 atom stereocenters. The Morgan fingerprint density at radius 2 is 1.87 bits per heavy atom. The molecule has 0 radical (unpaired) electrons. The molecule has 1 rings (SSSR count). The second-order valence-corrected chi connectivity index (χ2v) is 3.61. The number of aryl methyl sites for hydroxylation is 1. The summed E-state index contributed by atoms with van der Waals surface area (Å²) in [6.45, 7) is 2.21. The molecular formula is C13H20O2. The van der Waals surface area contributed by atoms with E-state index in [4.69, 9.17) is 9.47 Å². The Bertz CT molecular complexity index is 295. The van der Waals surface area contributed by atoms with Gasteiger partial charge in [0.15, 0.2) is 11.5 Å². The number of rotatable bonds is 6. The van der Waals surface area contributed by atoms with E-state index in [-0.39, 0.29) is 0 Å². The van der Waals surface area contributed by atoms with Gasteiger partial charge < -0.3 is 9.47 Å². The summed E-state index contributed by atoms with van der Waals surface area (Å²) >= 11 is 0. The molecule has 1 aromatic rings. The quantitative estimate of drug-likeness (QED) is 0.667. The van der Waals surface area contributed by atoms with Gasteiger partial charge >= 0.3 is 0 Å². The van der Waals surface area contributed by atoms with Crippen molar-refractivity contribution in [2.24, 2.45) is 0 Å². The first-order chi connectivity index (χ1) is 7.33. The van der Waals surface area contributed by atoms with E-state index in [9.17, 15) is 0 Å². The number of unbranched alkanes of at least 4 members (excludes halogenated alkanes) is 2. The fourth-order valence-corrected chi connectivity index (χ4v) is 1.72. The van der Waals surface area contributed by atoms with Crippen LogP contribution in [-0.4, -0.2) is 14.2 Å². The SMILES string of the molecule is CCCCCc1cccc(OC)c1OC. The molecule has 2 nitrogen and oxygen atoms in total. The lowest BCUT2D eigenvalue weighted by molar-refractivity contribution is 0.351. The molecule has 0 fully saturated rings. The van der Waals surface area contributed by atoms with Crippen LogP contribution >= 0.6 is 0 Å². The van der Waals surface area contributed by atoms with Crippen LogP contribution in [0.2, 0.25) is 0 Å². The van der Waals surface area contributed by atoms with Crippen molar-refractivity contribution in [1.29, 1.82) is 0 Å². The van der Waals surface area contributed by atoms with Crippen molar-refractivity contribution >= 4 is 0 Å². The Morgan fingerprint density at radius 1 is 1.07 bits per heavy atom. The molecule has 0 aliphatic heterocycles. The van der Waals surface area contributed by atoms with Gasteiger partial charge in [-0.2, -0.15) is 0 Å². The van der Waals surface area contributed by atoms with E-state index >= 15 is 0 Å². The normalized spacial score (nSPS) is 10.1. The summed E-state index contributed by atoms with van der Waals surface area (Å²) in [5, 5.41) is 0.